The fraction of sp³-hybridized carbons (Fsp3) is 0.222. The minimum atomic E-state index is -10.3. The summed E-state index contributed by atoms with van der Waals surface area (Å²) in [5.74, 6) is -1.41. The highest BCUT2D eigenvalue weighted by molar-refractivity contribution is 8.45. The zero-order valence-corrected chi connectivity index (χ0v) is 11.6. The molecule has 0 spiro atoms. The number of non-ortho nitro benzene ring substituents is 1. The topological polar surface area (TPSA) is 69.4 Å². The molecule has 1 unspecified atom stereocenters. The molecule has 0 aliphatic heterocycles. The van der Waals surface area contributed by atoms with Gasteiger partial charge in [0.25, 0.3) is 5.69 Å². The first-order valence-corrected chi connectivity index (χ1v) is 7.30. The molecule has 0 N–H and O–H groups in total. The number of methoxy groups -OCH3 is 1. The SMILES string of the molecule is COC(=O)C(Cl)c1ccc([N+](=O)[O-])cc1S(F)(F)(F)(F)F. The zero-order valence-electron chi connectivity index (χ0n) is 10.1. The summed E-state index contributed by atoms with van der Waals surface area (Å²) in [6.07, 6.45) is 0. The summed E-state index contributed by atoms with van der Waals surface area (Å²) in [5, 5.41) is 8.26. The van der Waals surface area contributed by atoms with Gasteiger partial charge in [0.05, 0.1) is 12.0 Å². The van der Waals surface area contributed by atoms with Crippen LogP contribution < -0.4 is 0 Å². The van der Waals surface area contributed by atoms with Gasteiger partial charge in [-0.05, 0) is 6.07 Å². The molecule has 0 heterocycles. The summed E-state index contributed by atoms with van der Waals surface area (Å²) in [5.41, 5.74) is -2.52. The fourth-order valence-electron chi connectivity index (χ4n) is 1.41. The number of alkyl halides is 1. The van der Waals surface area contributed by atoms with Gasteiger partial charge in [-0.3, -0.25) is 14.9 Å². The number of hydrogen-bond acceptors (Lipinski definition) is 4. The van der Waals surface area contributed by atoms with E-state index in [0.717, 1.165) is 7.11 Å². The normalized spacial score (nSPS) is 16.5. The lowest BCUT2D eigenvalue weighted by atomic mass is 10.1. The average Bonchev–Trinajstić information content (AvgIpc) is 2.33. The van der Waals surface area contributed by atoms with Crippen molar-refractivity contribution in [3.05, 3.63) is 33.9 Å². The first-order valence-electron chi connectivity index (χ1n) is 4.91. The van der Waals surface area contributed by atoms with Crippen LogP contribution in [0.1, 0.15) is 10.9 Å². The quantitative estimate of drug-likeness (QED) is 0.258. The second-order valence-electron chi connectivity index (χ2n) is 3.83. The molecule has 0 aliphatic carbocycles. The summed E-state index contributed by atoms with van der Waals surface area (Å²) >= 11 is 5.37. The molecule has 0 amide bonds. The van der Waals surface area contributed by atoms with Crippen molar-refractivity contribution in [2.75, 3.05) is 7.11 Å². The number of carbonyl (C=O) groups excluding carboxylic acids is 1. The summed E-state index contributed by atoms with van der Waals surface area (Å²) < 4.78 is 68.8. The highest BCUT2D eigenvalue weighted by Gasteiger charge is 2.67. The van der Waals surface area contributed by atoms with E-state index >= 15 is 0 Å². The number of esters is 1. The molecule has 0 aromatic heterocycles. The summed E-state index contributed by atoms with van der Waals surface area (Å²) in [6, 6.07) is 0.524. The standard InChI is InChI=1S/C9H7ClF5NO4S/c1-20-9(17)8(10)6-3-2-5(16(18)19)4-7(6)21(11,12,13,14)15/h2-4,8H,1H3. The number of nitro benzene ring substituents is 1. The maximum Gasteiger partial charge on any atom is 0.328 e. The number of nitrogens with zero attached hydrogens (tertiary/aromatic N) is 1. The Morgan fingerprint density at radius 2 is 1.86 bits per heavy atom. The van der Waals surface area contributed by atoms with Crippen LogP contribution in [0.3, 0.4) is 0 Å². The van der Waals surface area contributed by atoms with Crippen LogP contribution in [-0.2, 0) is 9.53 Å². The van der Waals surface area contributed by atoms with Gasteiger partial charge in [0.2, 0.25) is 0 Å². The molecule has 0 aliphatic rings. The molecule has 1 aromatic rings. The van der Waals surface area contributed by atoms with Crippen molar-refractivity contribution in [2.24, 2.45) is 0 Å². The molecule has 21 heavy (non-hydrogen) atoms. The van der Waals surface area contributed by atoms with Gasteiger partial charge in [0, 0.05) is 17.7 Å². The molecular weight excluding hydrogens is 349 g/mol. The molecule has 1 rings (SSSR count). The lowest BCUT2D eigenvalue weighted by Crippen LogP contribution is -2.16. The van der Waals surface area contributed by atoms with E-state index in [1.54, 1.807) is 0 Å². The summed E-state index contributed by atoms with van der Waals surface area (Å²) in [4.78, 5) is 17.7. The van der Waals surface area contributed by atoms with E-state index in [-0.39, 0.29) is 6.07 Å². The molecule has 0 radical (unpaired) electrons. The number of benzene rings is 1. The molecule has 1 atom stereocenters. The van der Waals surface area contributed by atoms with Crippen molar-refractivity contribution in [1.82, 2.24) is 0 Å². The van der Waals surface area contributed by atoms with Gasteiger partial charge in [-0.25, -0.2) is 0 Å². The summed E-state index contributed by atoms with van der Waals surface area (Å²) in [6.45, 7) is 0. The van der Waals surface area contributed by atoms with E-state index in [2.05, 4.69) is 4.74 Å². The molecular formula is C9H7ClF5NO4S. The van der Waals surface area contributed by atoms with Crippen LogP contribution in [0.25, 0.3) is 0 Å². The van der Waals surface area contributed by atoms with Crippen LogP contribution >= 0.6 is 21.8 Å². The Morgan fingerprint density at radius 3 is 2.24 bits per heavy atom. The van der Waals surface area contributed by atoms with Gasteiger partial charge >= 0.3 is 16.2 Å². The first kappa shape index (κ1) is 17.4. The van der Waals surface area contributed by atoms with E-state index in [1.807, 2.05) is 0 Å². The first-order chi connectivity index (χ1) is 9.17. The third kappa shape index (κ3) is 3.94. The summed E-state index contributed by atoms with van der Waals surface area (Å²) in [7, 11) is -9.50. The lowest BCUT2D eigenvalue weighted by Gasteiger charge is -2.41. The van der Waals surface area contributed by atoms with E-state index in [4.69, 9.17) is 11.6 Å². The molecule has 0 saturated carbocycles. The molecule has 0 fully saturated rings. The van der Waals surface area contributed by atoms with Crippen LogP contribution in [0.2, 0.25) is 0 Å². The van der Waals surface area contributed by atoms with Gasteiger partial charge < -0.3 is 4.74 Å². The molecule has 120 valence electrons. The van der Waals surface area contributed by atoms with E-state index in [9.17, 15) is 34.3 Å². The smallest absolute Gasteiger partial charge is 0.328 e. The van der Waals surface area contributed by atoms with Crippen LogP contribution in [0.4, 0.5) is 25.1 Å². The van der Waals surface area contributed by atoms with Crippen molar-refractivity contribution < 1.29 is 33.9 Å². The molecule has 12 heteroatoms. The van der Waals surface area contributed by atoms with Gasteiger partial charge in [0.1, 0.15) is 4.90 Å². The van der Waals surface area contributed by atoms with Crippen LogP contribution in [0, 0.1) is 10.1 Å². The number of halogens is 6. The number of ether oxygens (including phenoxy) is 1. The predicted molar refractivity (Wildman–Crippen MR) is 65.1 cm³/mol. The van der Waals surface area contributed by atoms with Gasteiger partial charge in [0.15, 0.2) is 5.38 Å². The number of hydrogen-bond donors (Lipinski definition) is 0. The second kappa shape index (κ2) is 4.44. The van der Waals surface area contributed by atoms with Crippen molar-refractivity contribution in [1.29, 1.82) is 0 Å². The molecule has 1 aromatic carbocycles. The Bertz CT molecular complexity index is 620. The van der Waals surface area contributed by atoms with E-state index in [0.29, 0.717) is 12.1 Å². The number of rotatable bonds is 4. The highest BCUT2D eigenvalue weighted by atomic mass is 35.5. The van der Waals surface area contributed by atoms with E-state index < -0.39 is 42.6 Å². The van der Waals surface area contributed by atoms with Crippen molar-refractivity contribution in [2.45, 2.75) is 10.3 Å². The minimum absolute atomic E-state index is 0.347. The second-order valence-corrected chi connectivity index (χ2v) is 6.65. The largest absolute Gasteiger partial charge is 0.468 e. The Morgan fingerprint density at radius 1 is 1.33 bits per heavy atom. The van der Waals surface area contributed by atoms with Crippen LogP contribution in [0.15, 0.2) is 23.1 Å². The molecule has 0 bridgehead atoms. The monoisotopic (exact) mass is 355 g/mol. The predicted octanol–water partition coefficient (Wildman–Crippen LogP) is 4.71. The Kier molecular flexibility index (Phi) is 3.68. The Labute approximate surface area is 119 Å². The van der Waals surface area contributed by atoms with Gasteiger partial charge in [-0.1, -0.05) is 19.4 Å². The van der Waals surface area contributed by atoms with Crippen LogP contribution in [-0.4, -0.2) is 18.0 Å². The zero-order chi connectivity index (χ0) is 16.7. The van der Waals surface area contributed by atoms with E-state index in [1.165, 1.54) is 0 Å². The Hall–Kier alpha value is -1.62. The number of nitro groups is 1. The highest BCUT2D eigenvalue weighted by Crippen LogP contribution is 3.02. The fourth-order valence-corrected chi connectivity index (χ4v) is 2.73. The Balaban J connectivity index is 3.69. The maximum absolute atomic E-state index is 12.9. The van der Waals surface area contributed by atoms with Crippen LogP contribution in [0.5, 0.6) is 0 Å². The molecule has 5 nitrogen and oxygen atoms in total. The van der Waals surface area contributed by atoms with Gasteiger partial charge in [-0.15, -0.1) is 11.6 Å². The lowest BCUT2D eigenvalue weighted by molar-refractivity contribution is -0.385. The molecule has 0 saturated heterocycles. The minimum Gasteiger partial charge on any atom is -0.468 e. The third-order valence-corrected chi connectivity index (χ3v) is 3.90. The van der Waals surface area contributed by atoms with Gasteiger partial charge in [-0.2, -0.15) is 0 Å². The van der Waals surface area contributed by atoms with Crippen molar-refractivity contribution >= 4 is 33.5 Å². The number of carbonyl (C=O) groups is 1. The van der Waals surface area contributed by atoms with Crippen molar-refractivity contribution in [3.63, 3.8) is 0 Å². The maximum atomic E-state index is 12.9. The average molecular weight is 356 g/mol. The third-order valence-electron chi connectivity index (χ3n) is 2.30. The van der Waals surface area contributed by atoms with Crippen molar-refractivity contribution in [3.8, 4) is 0 Å².